The normalized spacial score (nSPS) is 12.9. The maximum atomic E-state index is 5.86. The molecule has 4 aliphatic heterocycles. The summed E-state index contributed by atoms with van der Waals surface area (Å²) in [4.78, 5) is 39.7. The van der Waals surface area contributed by atoms with Gasteiger partial charge in [-0.2, -0.15) is 0 Å². The third-order valence-electron chi connectivity index (χ3n) is 23.9. The molecular weight excluding hydrogens is 1430 g/mol. The summed E-state index contributed by atoms with van der Waals surface area (Å²) in [5.41, 5.74) is 45.3. The lowest BCUT2D eigenvalue weighted by Gasteiger charge is -2.26. The highest BCUT2D eigenvalue weighted by Crippen LogP contribution is 2.47. The molecule has 8 heteroatoms. The zero-order valence-corrected chi connectivity index (χ0v) is 71.9. The number of aryl methyl sites for hydroxylation is 8. The monoisotopic (exact) mass is 1540 g/mol. The van der Waals surface area contributed by atoms with Gasteiger partial charge in [-0.25, -0.2) is 19.9 Å². The number of H-pyrrole nitrogens is 4. The molecule has 16 bridgehead atoms. The van der Waals surface area contributed by atoms with Crippen LogP contribution in [0.3, 0.4) is 0 Å². The van der Waals surface area contributed by atoms with E-state index in [1.807, 2.05) is 0 Å². The molecule has 4 aliphatic rings. The summed E-state index contributed by atoms with van der Waals surface area (Å²) in [6.07, 6.45) is 17.7. The highest BCUT2D eigenvalue weighted by Gasteiger charge is 2.29. The third-order valence-corrected chi connectivity index (χ3v) is 23.9. The number of hydrogen-bond donors (Lipinski definition) is 4. The van der Waals surface area contributed by atoms with Gasteiger partial charge in [0.25, 0.3) is 0 Å². The van der Waals surface area contributed by atoms with Crippen LogP contribution in [-0.2, 0) is 21.7 Å². The van der Waals surface area contributed by atoms with Gasteiger partial charge in [0.15, 0.2) is 0 Å². The zero-order chi connectivity index (χ0) is 82.5. The van der Waals surface area contributed by atoms with Crippen LogP contribution in [0.15, 0.2) is 194 Å². The SMILES string of the molecule is Cc1cc(C)cc(-c2c3nc(c(-c4ccc5ccc(-c6c7nc(c(-c8cc(C)cc(C)c8)c8ccc([nH]8)c(-c8cc(C(C)(C)C)cc(C(C)(C)C)c8)c8nc(c(-c9cc(C)cc(C)c9)c9ccc6[nH]9)C=C8)C=C7)cc5c4)c4ccc([nH]4)c(-c4cc(C)cc(C)c4)c4nc(c(-c5cc(C(C)(C)C)cc(C(C)(C)C)c5)c5ccc2[nH]5)C=C4)C=C3)c1. The summed E-state index contributed by atoms with van der Waals surface area (Å²) in [6.45, 7) is 45.2. The first kappa shape index (κ1) is 76.5. The molecule has 0 fully saturated rings. The molecule has 0 saturated heterocycles. The minimum absolute atomic E-state index is 0.121. The molecule has 0 saturated carbocycles. The van der Waals surface area contributed by atoms with Crippen molar-refractivity contribution < 1.29 is 0 Å². The lowest BCUT2D eigenvalue weighted by atomic mass is 9.78. The molecule has 18 rings (SSSR count). The van der Waals surface area contributed by atoms with Crippen molar-refractivity contribution in [3.63, 3.8) is 0 Å². The van der Waals surface area contributed by atoms with Gasteiger partial charge >= 0.3 is 0 Å². The molecule has 0 unspecified atom stereocenters. The summed E-state index contributed by atoms with van der Waals surface area (Å²) >= 11 is 0. The molecule has 0 atom stereocenters. The summed E-state index contributed by atoms with van der Waals surface area (Å²) in [6, 6.07) is 73.5. The van der Waals surface area contributed by atoms with Gasteiger partial charge in [-0.15, -0.1) is 0 Å². The molecule has 0 aliphatic carbocycles. The van der Waals surface area contributed by atoms with Crippen LogP contribution >= 0.6 is 0 Å². The smallest absolute Gasteiger partial charge is 0.0737 e. The third kappa shape index (κ3) is 14.4. The lowest BCUT2D eigenvalue weighted by molar-refractivity contribution is 0.568. The van der Waals surface area contributed by atoms with Crippen LogP contribution in [-0.4, -0.2) is 39.9 Å². The second kappa shape index (κ2) is 28.5. The fraction of sp³-hybridized carbons (Fsp3) is 0.218. The standard InChI is InChI=1S/C110H104N8/c1-61-41-62(2)46-73(45-61)101-87-29-25-83(111-87)99(84-26-30-88(112-84)102(74-47-63(3)42-64(4)48-74)92-34-38-96(116-92)105(95-37-33-91(101)115-95)77-55-79(107(9,10)11)59-80(56-77)108(12,13)14)70-23-21-69-22-24-71(54-72(69)53-70)100-85-27-31-89(113-85)103(75-49-65(5)43-66(6)50-75)93-35-39-97(117-93)106(78-57-81(109(15,16)17)60-82(58-78)110(18,19)20)98-40-36-94(118-98)104(90-32-28-86(100)114-90)76-51-67(7)44-68(8)52-76/h21-60,111,113,116,118H,1-20H3. The molecule has 8 nitrogen and oxygen atoms in total. The Bertz CT molecular complexity index is 6440. The van der Waals surface area contributed by atoms with E-state index in [-0.39, 0.29) is 21.7 Å². The van der Waals surface area contributed by atoms with E-state index in [1.165, 1.54) is 66.8 Å². The maximum absolute atomic E-state index is 5.86. The Morgan fingerprint density at radius 3 is 0.542 bits per heavy atom. The van der Waals surface area contributed by atoms with E-state index in [0.29, 0.717) is 0 Å². The van der Waals surface area contributed by atoms with E-state index in [0.717, 1.165) is 189 Å². The van der Waals surface area contributed by atoms with E-state index in [2.05, 4.69) is 401 Å². The van der Waals surface area contributed by atoms with E-state index in [4.69, 9.17) is 19.9 Å². The predicted octanol–water partition coefficient (Wildman–Crippen LogP) is 29.8. The van der Waals surface area contributed by atoms with Crippen LogP contribution in [0.1, 0.15) is 195 Å². The lowest BCUT2D eigenvalue weighted by Crippen LogP contribution is -2.16. The largest absolute Gasteiger partial charge is 0.354 e. The first-order valence-electron chi connectivity index (χ1n) is 41.7. The van der Waals surface area contributed by atoms with Crippen molar-refractivity contribution in [2.45, 2.75) is 160 Å². The van der Waals surface area contributed by atoms with Gasteiger partial charge in [0.2, 0.25) is 0 Å². The summed E-state index contributed by atoms with van der Waals surface area (Å²) in [7, 11) is 0. The zero-order valence-electron chi connectivity index (χ0n) is 71.9. The van der Waals surface area contributed by atoms with Crippen molar-refractivity contribution in [3.8, 4) is 89.0 Å². The van der Waals surface area contributed by atoms with E-state index in [9.17, 15) is 0 Å². The van der Waals surface area contributed by atoms with E-state index in [1.54, 1.807) is 0 Å². The van der Waals surface area contributed by atoms with Gasteiger partial charge in [0.05, 0.1) is 45.6 Å². The number of aromatic amines is 4. The molecule has 0 spiro atoms. The molecule has 584 valence electrons. The number of fused-ring (bicyclic) bond motifs is 17. The van der Waals surface area contributed by atoms with Gasteiger partial charge in [0.1, 0.15) is 0 Å². The Morgan fingerprint density at radius 1 is 0.178 bits per heavy atom. The fourth-order valence-electron chi connectivity index (χ4n) is 18.2. The van der Waals surface area contributed by atoms with Crippen LogP contribution in [0.2, 0.25) is 0 Å². The average molecular weight is 1540 g/mol. The summed E-state index contributed by atoms with van der Waals surface area (Å²) in [5, 5.41) is 2.16. The molecule has 6 aromatic heterocycles. The molecule has 0 amide bonds. The van der Waals surface area contributed by atoms with Crippen LogP contribution in [0, 0.1) is 55.4 Å². The fourth-order valence-corrected chi connectivity index (χ4v) is 18.2. The van der Waals surface area contributed by atoms with Crippen molar-refractivity contribution in [2.75, 3.05) is 0 Å². The van der Waals surface area contributed by atoms with Crippen molar-refractivity contribution in [1.29, 1.82) is 0 Å². The summed E-state index contributed by atoms with van der Waals surface area (Å²) in [5.74, 6) is 0. The van der Waals surface area contributed by atoms with Crippen molar-refractivity contribution in [3.05, 3.63) is 306 Å². The number of nitrogens with zero attached hydrogens (tertiary/aromatic N) is 4. The van der Waals surface area contributed by atoms with Crippen LogP contribution in [0.25, 0.3) is 193 Å². The topological polar surface area (TPSA) is 115 Å². The van der Waals surface area contributed by atoms with Gasteiger partial charge < -0.3 is 19.9 Å². The second-order valence-corrected chi connectivity index (χ2v) is 37.9. The number of rotatable bonds is 8. The number of benzene rings is 8. The van der Waals surface area contributed by atoms with Crippen LogP contribution < -0.4 is 0 Å². The molecular formula is C110H104N8. The number of nitrogens with one attached hydrogen (secondary N) is 4. The highest BCUT2D eigenvalue weighted by molar-refractivity contribution is 6.05. The Morgan fingerprint density at radius 2 is 0.356 bits per heavy atom. The van der Waals surface area contributed by atoms with Crippen LogP contribution in [0.5, 0.6) is 0 Å². The van der Waals surface area contributed by atoms with E-state index >= 15 is 0 Å². The minimum Gasteiger partial charge on any atom is -0.354 e. The second-order valence-electron chi connectivity index (χ2n) is 37.9. The summed E-state index contributed by atoms with van der Waals surface area (Å²) < 4.78 is 0. The molecule has 118 heavy (non-hydrogen) atoms. The Labute approximate surface area is 694 Å². The molecule has 14 aromatic rings. The molecule has 0 radical (unpaired) electrons. The van der Waals surface area contributed by atoms with Gasteiger partial charge in [-0.1, -0.05) is 261 Å². The van der Waals surface area contributed by atoms with Gasteiger partial charge in [-0.05, 0) is 264 Å². The average Bonchev–Trinajstić information content (AvgIpc) is 1.60. The molecule has 4 N–H and O–H groups in total. The first-order valence-corrected chi connectivity index (χ1v) is 41.7. The number of hydrogen-bond acceptors (Lipinski definition) is 4. The Balaban J connectivity index is 0.909. The Kier molecular flexibility index (Phi) is 18.5. The molecule has 10 heterocycles. The first-order chi connectivity index (χ1) is 56.1. The Hall–Kier alpha value is -12.8. The van der Waals surface area contributed by atoms with Gasteiger partial charge in [0, 0.05) is 88.6 Å². The van der Waals surface area contributed by atoms with Gasteiger partial charge in [-0.3, -0.25) is 0 Å². The predicted molar refractivity (Wildman–Crippen MR) is 505 cm³/mol. The van der Waals surface area contributed by atoms with E-state index < -0.39 is 0 Å². The maximum Gasteiger partial charge on any atom is 0.0737 e. The van der Waals surface area contributed by atoms with Crippen molar-refractivity contribution in [2.24, 2.45) is 0 Å². The van der Waals surface area contributed by atoms with Crippen molar-refractivity contribution >= 4 is 104 Å². The van der Waals surface area contributed by atoms with Crippen LogP contribution in [0.4, 0.5) is 0 Å². The molecule has 8 aromatic carbocycles. The van der Waals surface area contributed by atoms with Crippen molar-refractivity contribution in [1.82, 2.24) is 39.9 Å². The minimum atomic E-state index is -0.121. The number of aromatic nitrogens is 8. The highest BCUT2D eigenvalue weighted by atomic mass is 14.8. The quantitative estimate of drug-likeness (QED) is 0.121.